The number of benzene rings is 1. The van der Waals surface area contributed by atoms with Crippen LogP contribution < -0.4 is 15.8 Å². The summed E-state index contributed by atoms with van der Waals surface area (Å²) in [6.07, 6.45) is 7.45. The number of fused-ring (bicyclic) bond motifs is 1. The second-order valence-corrected chi connectivity index (χ2v) is 7.29. The molecule has 28 heavy (non-hydrogen) atoms. The number of rotatable bonds is 5. The van der Waals surface area contributed by atoms with Crippen molar-refractivity contribution in [1.29, 1.82) is 0 Å². The minimum atomic E-state index is -0.524. The van der Waals surface area contributed by atoms with E-state index in [1.807, 2.05) is 35.9 Å². The van der Waals surface area contributed by atoms with E-state index in [0.717, 1.165) is 41.0 Å². The monoisotopic (exact) mass is 379 g/mol. The van der Waals surface area contributed by atoms with Gasteiger partial charge in [0.25, 0.3) is 5.91 Å². The number of pyridine rings is 1. The first-order valence-electron chi connectivity index (χ1n) is 9.67. The zero-order chi connectivity index (χ0) is 19.7. The molecule has 1 fully saturated rings. The van der Waals surface area contributed by atoms with E-state index in [2.05, 4.69) is 10.3 Å². The van der Waals surface area contributed by atoms with Crippen molar-refractivity contribution in [3.8, 4) is 5.75 Å². The Morgan fingerprint density at radius 1 is 1.29 bits per heavy atom. The zero-order valence-electron chi connectivity index (χ0n) is 16.2. The minimum Gasteiger partial charge on any atom is -0.497 e. The molecule has 1 saturated carbocycles. The maximum atomic E-state index is 12.1. The number of anilines is 2. The van der Waals surface area contributed by atoms with Gasteiger partial charge in [-0.15, -0.1) is 0 Å². The van der Waals surface area contributed by atoms with E-state index in [-0.39, 0.29) is 0 Å². The fourth-order valence-corrected chi connectivity index (χ4v) is 4.02. The fourth-order valence-electron chi connectivity index (χ4n) is 4.02. The van der Waals surface area contributed by atoms with Crippen LogP contribution in [0.5, 0.6) is 5.75 Å². The number of methoxy groups -OCH3 is 1. The van der Waals surface area contributed by atoms with Crippen molar-refractivity contribution in [2.24, 2.45) is 5.73 Å². The van der Waals surface area contributed by atoms with E-state index >= 15 is 0 Å². The Kier molecular flexibility index (Phi) is 4.90. The molecule has 7 heteroatoms. The van der Waals surface area contributed by atoms with Gasteiger partial charge >= 0.3 is 0 Å². The first kappa shape index (κ1) is 18.3. The van der Waals surface area contributed by atoms with Crippen LogP contribution in [-0.2, 0) is 0 Å². The average Bonchev–Trinajstić information content (AvgIpc) is 3.06. The van der Waals surface area contributed by atoms with E-state index in [0.29, 0.717) is 17.3 Å². The van der Waals surface area contributed by atoms with Crippen molar-refractivity contribution >= 4 is 28.3 Å². The largest absolute Gasteiger partial charge is 0.497 e. The number of carbonyl (C=O) groups is 1. The highest BCUT2D eigenvalue weighted by Gasteiger charge is 2.24. The summed E-state index contributed by atoms with van der Waals surface area (Å²) in [4.78, 5) is 16.7. The zero-order valence-corrected chi connectivity index (χ0v) is 16.2. The first-order chi connectivity index (χ1) is 13.6. The summed E-state index contributed by atoms with van der Waals surface area (Å²) >= 11 is 0. The summed E-state index contributed by atoms with van der Waals surface area (Å²) in [5.74, 6) is 0.204. The van der Waals surface area contributed by atoms with Crippen molar-refractivity contribution in [2.45, 2.75) is 45.1 Å². The SMILES string of the molecule is COc1cccc(Nc2c(C(N)=O)cnc3c2c(C)nn3C2CCCCC2)c1. The van der Waals surface area contributed by atoms with Crippen LogP contribution in [0.25, 0.3) is 11.0 Å². The molecule has 0 bridgehead atoms. The first-order valence-corrected chi connectivity index (χ1v) is 9.67. The molecule has 2 heterocycles. The van der Waals surface area contributed by atoms with Crippen molar-refractivity contribution in [3.05, 3.63) is 41.7 Å². The fraction of sp³-hybridized carbons (Fsp3) is 0.381. The third-order valence-electron chi connectivity index (χ3n) is 5.42. The molecule has 3 N–H and O–H groups in total. The number of ether oxygens (including phenoxy) is 1. The Morgan fingerprint density at radius 2 is 2.07 bits per heavy atom. The van der Waals surface area contributed by atoms with E-state index in [4.69, 9.17) is 15.6 Å². The maximum absolute atomic E-state index is 12.1. The van der Waals surface area contributed by atoms with Crippen LogP contribution in [-0.4, -0.2) is 27.8 Å². The maximum Gasteiger partial charge on any atom is 0.252 e. The lowest BCUT2D eigenvalue weighted by molar-refractivity contribution is 0.100. The third kappa shape index (κ3) is 3.28. The van der Waals surface area contributed by atoms with Crippen LogP contribution >= 0.6 is 0 Å². The van der Waals surface area contributed by atoms with Gasteiger partial charge in [0.2, 0.25) is 0 Å². The molecule has 0 aliphatic heterocycles. The topological polar surface area (TPSA) is 95.1 Å². The Bertz CT molecular complexity index is 1020. The van der Waals surface area contributed by atoms with Crippen LogP contribution in [0.3, 0.4) is 0 Å². The highest BCUT2D eigenvalue weighted by molar-refractivity contribution is 6.07. The molecule has 7 nitrogen and oxygen atoms in total. The summed E-state index contributed by atoms with van der Waals surface area (Å²) in [7, 11) is 1.62. The standard InChI is InChI=1S/C21H25N5O2/c1-13-18-19(24-14-7-6-10-16(11-14)28-2)17(20(22)27)12-23-21(18)26(25-13)15-8-4-3-5-9-15/h6-7,10-12,15H,3-5,8-9H2,1-2H3,(H2,22,27)(H,23,24). The second-order valence-electron chi connectivity index (χ2n) is 7.29. The quantitative estimate of drug-likeness (QED) is 0.696. The van der Waals surface area contributed by atoms with Gasteiger partial charge < -0.3 is 15.8 Å². The lowest BCUT2D eigenvalue weighted by Crippen LogP contribution is -2.16. The summed E-state index contributed by atoms with van der Waals surface area (Å²) in [6.45, 7) is 1.95. The lowest BCUT2D eigenvalue weighted by Gasteiger charge is -2.22. The number of carbonyl (C=O) groups excluding carboxylic acids is 1. The molecular formula is C21H25N5O2. The number of amides is 1. The molecule has 1 amide bonds. The van der Waals surface area contributed by atoms with E-state index in [9.17, 15) is 4.79 Å². The molecule has 0 radical (unpaired) electrons. The predicted octanol–water partition coefficient (Wildman–Crippen LogP) is 4.10. The van der Waals surface area contributed by atoms with Gasteiger partial charge in [-0.2, -0.15) is 5.10 Å². The molecule has 2 aromatic heterocycles. The number of primary amides is 1. The Balaban J connectivity index is 1.85. The third-order valence-corrected chi connectivity index (χ3v) is 5.42. The summed E-state index contributed by atoms with van der Waals surface area (Å²) in [5, 5.41) is 8.98. The second kappa shape index (κ2) is 7.50. The number of nitrogens with two attached hydrogens (primary N) is 1. The molecule has 0 unspecified atom stereocenters. The predicted molar refractivity (Wildman–Crippen MR) is 109 cm³/mol. The van der Waals surface area contributed by atoms with Crippen LogP contribution in [0.2, 0.25) is 0 Å². The molecule has 1 aromatic carbocycles. The molecule has 3 aromatic rings. The molecule has 1 aliphatic rings. The molecule has 146 valence electrons. The van der Waals surface area contributed by atoms with Gasteiger partial charge in [0.1, 0.15) is 5.75 Å². The van der Waals surface area contributed by atoms with Gasteiger partial charge in [-0.3, -0.25) is 4.79 Å². The lowest BCUT2D eigenvalue weighted by atomic mass is 9.96. The van der Waals surface area contributed by atoms with Crippen LogP contribution in [0.15, 0.2) is 30.5 Å². The number of hydrogen-bond donors (Lipinski definition) is 2. The van der Waals surface area contributed by atoms with Crippen LogP contribution in [0.1, 0.15) is 54.2 Å². The van der Waals surface area contributed by atoms with Crippen molar-refractivity contribution < 1.29 is 9.53 Å². The van der Waals surface area contributed by atoms with Crippen LogP contribution in [0.4, 0.5) is 11.4 Å². The Morgan fingerprint density at radius 3 is 2.79 bits per heavy atom. The van der Waals surface area contributed by atoms with Crippen molar-refractivity contribution in [1.82, 2.24) is 14.8 Å². The summed E-state index contributed by atoms with van der Waals surface area (Å²) in [5.41, 5.74) is 9.07. The molecule has 0 saturated heterocycles. The van der Waals surface area contributed by atoms with Gasteiger partial charge in [-0.25, -0.2) is 9.67 Å². The van der Waals surface area contributed by atoms with Gasteiger partial charge in [0.15, 0.2) is 5.65 Å². The number of aromatic nitrogens is 3. The van der Waals surface area contributed by atoms with E-state index in [1.165, 1.54) is 19.3 Å². The smallest absolute Gasteiger partial charge is 0.252 e. The molecular weight excluding hydrogens is 354 g/mol. The van der Waals surface area contributed by atoms with Crippen molar-refractivity contribution in [3.63, 3.8) is 0 Å². The normalized spacial score (nSPS) is 14.9. The summed E-state index contributed by atoms with van der Waals surface area (Å²) in [6, 6.07) is 7.90. The number of aryl methyl sites for hydroxylation is 1. The molecule has 1 aliphatic carbocycles. The number of nitrogens with zero attached hydrogens (tertiary/aromatic N) is 3. The molecule has 4 rings (SSSR count). The van der Waals surface area contributed by atoms with Gasteiger partial charge in [0.05, 0.1) is 35.5 Å². The molecule has 0 atom stereocenters. The van der Waals surface area contributed by atoms with Gasteiger partial charge in [-0.1, -0.05) is 25.3 Å². The number of hydrogen-bond acceptors (Lipinski definition) is 5. The van der Waals surface area contributed by atoms with E-state index < -0.39 is 5.91 Å². The van der Waals surface area contributed by atoms with Gasteiger partial charge in [-0.05, 0) is 31.9 Å². The van der Waals surface area contributed by atoms with E-state index in [1.54, 1.807) is 13.3 Å². The minimum absolute atomic E-state index is 0.349. The Hall–Kier alpha value is -3.09. The summed E-state index contributed by atoms with van der Waals surface area (Å²) < 4.78 is 7.34. The Labute approximate surface area is 163 Å². The number of nitrogens with one attached hydrogen (secondary N) is 1. The highest BCUT2D eigenvalue weighted by Crippen LogP contribution is 2.36. The van der Waals surface area contributed by atoms with Crippen LogP contribution in [0, 0.1) is 6.92 Å². The van der Waals surface area contributed by atoms with Crippen molar-refractivity contribution in [2.75, 3.05) is 12.4 Å². The average molecular weight is 379 g/mol. The highest BCUT2D eigenvalue weighted by atomic mass is 16.5. The molecule has 0 spiro atoms. The van der Waals surface area contributed by atoms with Gasteiger partial charge in [0, 0.05) is 18.0 Å².